The van der Waals surface area contributed by atoms with Gasteiger partial charge in [0.1, 0.15) is 17.3 Å². The number of nitrogens with two attached hydrogens (primary N) is 1. The van der Waals surface area contributed by atoms with Crippen LogP contribution in [0.15, 0.2) is 42.5 Å². The Labute approximate surface area is 106 Å². The van der Waals surface area contributed by atoms with E-state index in [-0.39, 0.29) is 11.9 Å². The molecule has 0 aliphatic heterocycles. The van der Waals surface area contributed by atoms with Crippen molar-refractivity contribution >= 4 is 0 Å². The van der Waals surface area contributed by atoms with E-state index in [1.807, 2.05) is 38.1 Å². The van der Waals surface area contributed by atoms with Gasteiger partial charge in [0.15, 0.2) is 0 Å². The molecule has 0 saturated carbocycles. The van der Waals surface area contributed by atoms with Gasteiger partial charge in [-0.25, -0.2) is 4.39 Å². The van der Waals surface area contributed by atoms with Crippen LogP contribution in [0.25, 0.3) is 0 Å². The van der Waals surface area contributed by atoms with E-state index in [2.05, 4.69) is 0 Å². The first-order valence-electron chi connectivity index (χ1n) is 5.86. The summed E-state index contributed by atoms with van der Waals surface area (Å²) >= 11 is 0. The Kier molecular flexibility index (Phi) is 3.63. The lowest BCUT2D eigenvalue weighted by molar-refractivity contribution is 0.463. The van der Waals surface area contributed by atoms with E-state index < -0.39 is 0 Å². The molecule has 1 unspecified atom stereocenters. The fraction of sp³-hybridized carbons (Fsp3) is 0.200. The van der Waals surface area contributed by atoms with Gasteiger partial charge in [-0.15, -0.1) is 0 Å². The maximum Gasteiger partial charge on any atom is 0.133 e. The van der Waals surface area contributed by atoms with E-state index >= 15 is 0 Å². The summed E-state index contributed by atoms with van der Waals surface area (Å²) in [6.45, 7) is 3.77. The Morgan fingerprint density at radius 3 is 2.56 bits per heavy atom. The first-order valence-corrected chi connectivity index (χ1v) is 5.86. The predicted octanol–water partition coefficient (Wildman–Crippen LogP) is 3.95. The van der Waals surface area contributed by atoms with Gasteiger partial charge in [0, 0.05) is 17.7 Å². The maximum atomic E-state index is 13.2. The normalized spacial score (nSPS) is 12.2. The van der Waals surface area contributed by atoms with Crippen molar-refractivity contribution in [1.29, 1.82) is 0 Å². The van der Waals surface area contributed by atoms with Crippen molar-refractivity contribution in [3.63, 3.8) is 0 Å². The van der Waals surface area contributed by atoms with E-state index in [4.69, 9.17) is 10.5 Å². The Hall–Kier alpha value is -1.87. The molecule has 0 spiro atoms. The van der Waals surface area contributed by atoms with Crippen LogP contribution < -0.4 is 10.5 Å². The molecule has 0 saturated heterocycles. The molecule has 2 aromatic carbocycles. The maximum absolute atomic E-state index is 13.2. The highest BCUT2D eigenvalue weighted by atomic mass is 19.1. The first-order chi connectivity index (χ1) is 8.58. The van der Waals surface area contributed by atoms with Gasteiger partial charge in [-0.2, -0.15) is 0 Å². The van der Waals surface area contributed by atoms with Crippen LogP contribution in [0.4, 0.5) is 4.39 Å². The molecule has 0 radical (unpaired) electrons. The lowest BCUT2D eigenvalue weighted by Crippen LogP contribution is -2.06. The van der Waals surface area contributed by atoms with Gasteiger partial charge in [0.05, 0.1) is 0 Å². The zero-order chi connectivity index (χ0) is 13.1. The number of aryl methyl sites for hydroxylation is 1. The lowest BCUT2D eigenvalue weighted by atomic mass is 10.1. The van der Waals surface area contributed by atoms with Crippen LogP contribution in [0.3, 0.4) is 0 Å². The Bertz CT molecular complexity index is 552. The van der Waals surface area contributed by atoms with Crippen LogP contribution in [-0.2, 0) is 0 Å². The monoisotopic (exact) mass is 245 g/mol. The highest BCUT2D eigenvalue weighted by Crippen LogP contribution is 2.30. The second kappa shape index (κ2) is 5.19. The SMILES string of the molecule is Cc1ccc(F)cc1Oc1ccccc1C(C)N. The molecule has 2 nitrogen and oxygen atoms in total. The summed E-state index contributed by atoms with van der Waals surface area (Å²) in [7, 11) is 0. The van der Waals surface area contributed by atoms with E-state index in [9.17, 15) is 4.39 Å². The van der Waals surface area contributed by atoms with Gasteiger partial charge in [-0.05, 0) is 31.5 Å². The third-order valence-electron chi connectivity index (χ3n) is 2.78. The largest absolute Gasteiger partial charge is 0.457 e. The minimum absolute atomic E-state index is 0.130. The van der Waals surface area contributed by atoms with Crippen LogP contribution in [0, 0.1) is 12.7 Å². The average molecular weight is 245 g/mol. The molecule has 2 aromatic rings. The average Bonchev–Trinajstić information content (AvgIpc) is 2.34. The summed E-state index contributed by atoms with van der Waals surface area (Å²) in [4.78, 5) is 0. The molecule has 94 valence electrons. The Morgan fingerprint density at radius 2 is 1.83 bits per heavy atom. The van der Waals surface area contributed by atoms with Crippen molar-refractivity contribution in [1.82, 2.24) is 0 Å². The van der Waals surface area contributed by atoms with Crippen molar-refractivity contribution in [2.24, 2.45) is 5.73 Å². The number of para-hydroxylation sites is 1. The minimum atomic E-state index is -0.311. The smallest absolute Gasteiger partial charge is 0.133 e. The fourth-order valence-corrected chi connectivity index (χ4v) is 1.75. The van der Waals surface area contributed by atoms with Crippen LogP contribution in [-0.4, -0.2) is 0 Å². The molecular formula is C15H16FNO. The van der Waals surface area contributed by atoms with Gasteiger partial charge < -0.3 is 10.5 Å². The summed E-state index contributed by atoms with van der Waals surface area (Å²) in [6, 6.07) is 11.9. The zero-order valence-electron chi connectivity index (χ0n) is 10.5. The fourth-order valence-electron chi connectivity index (χ4n) is 1.75. The van der Waals surface area contributed by atoms with E-state index in [1.165, 1.54) is 12.1 Å². The quantitative estimate of drug-likeness (QED) is 0.888. The van der Waals surface area contributed by atoms with Crippen molar-refractivity contribution in [2.45, 2.75) is 19.9 Å². The number of rotatable bonds is 3. The molecule has 0 bridgehead atoms. The second-order valence-electron chi connectivity index (χ2n) is 4.34. The molecule has 3 heteroatoms. The van der Waals surface area contributed by atoms with Gasteiger partial charge in [0.2, 0.25) is 0 Å². The third kappa shape index (κ3) is 2.68. The molecular weight excluding hydrogens is 229 g/mol. The standard InChI is InChI=1S/C15H16FNO/c1-10-7-8-12(16)9-15(10)18-14-6-4-3-5-13(14)11(2)17/h3-9,11H,17H2,1-2H3. The van der Waals surface area contributed by atoms with Gasteiger partial charge in [-0.1, -0.05) is 24.3 Å². The molecule has 2 rings (SSSR count). The molecule has 0 fully saturated rings. The van der Waals surface area contributed by atoms with E-state index in [0.717, 1.165) is 11.1 Å². The molecule has 18 heavy (non-hydrogen) atoms. The third-order valence-corrected chi connectivity index (χ3v) is 2.78. The molecule has 1 atom stereocenters. The van der Waals surface area contributed by atoms with Crippen molar-refractivity contribution < 1.29 is 9.13 Å². The van der Waals surface area contributed by atoms with Crippen molar-refractivity contribution in [2.75, 3.05) is 0 Å². The Morgan fingerprint density at radius 1 is 1.11 bits per heavy atom. The van der Waals surface area contributed by atoms with Crippen LogP contribution >= 0.6 is 0 Å². The number of ether oxygens (including phenoxy) is 1. The molecule has 0 aromatic heterocycles. The lowest BCUT2D eigenvalue weighted by Gasteiger charge is -2.14. The number of hydrogen-bond donors (Lipinski definition) is 1. The van der Waals surface area contributed by atoms with Crippen molar-refractivity contribution in [3.05, 3.63) is 59.4 Å². The minimum Gasteiger partial charge on any atom is -0.457 e. The second-order valence-corrected chi connectivity index (χ2v) is 4.34. The molecule has 0 heterocycles. The first kappa shape index (κ1) is 12.6. The molecule has 0 amide bonds. The number of halogens is 1. The summed E-state index contributed by atoms with van der Waals surface area (Å²) in [5.74, 6) is 0.873. The predicted molar refractivity (Wildman–Crippen MR) is 70.3 cm³/mol. The summed E-state index contributed by atoms with van der Waals surface area (Å²) in [6.07, 6.45) is 0. The summed E-state index contributed by atoms with van der Waals surface area (Å²) in [5, 5.41) is 0. The Balaban J connectivity index is 2.37. The van der Waals surface area contributed by atoms with Crippen LogP contribution in [0.2, 0.25) is 0 Å². The topological polar surface area (TPSA) is 35.2 Å². The molecule has 2 N–H and O–H groups in total. The number of benzene rings is 2. The van der Waals surface area contributed by atoms with E-state index in [0.29, 0.717) is 11.5 Å². The number of hydrogen-bond acceptors (Lipinski definition) is 2. The highest BCUT2D eigenvalue weighted by Gasteiger charge is 2.09. The summed E-state index contributed by atoms with van der Waals surface area (Å²) < 4.78 is 19.0. The zero-order valence-corrected chi connectivity index (χ0v) is 10.5. The molecule has 0 aliphatic rings. The highest BCUT2D eigenvalue weighted by molar-refractivity contribution is 5.42. The van der Waals surface area contributed by atoms with Crippen LogP contribution in [0.1, 0.15) is 24.1 Å². The van der Waals surface area contributed by atoms with Gasteiger partial charge in [0.25, 0.3) is 0 Å². The van der Waals surface area contributed by atoms with Gasteiger partial charge in [-0.3, -0.25) is 0 Å². The molecule has 0 aliphatic carbocycles. The van der Waals surface area contributed by atoms with Gasteiger partial charge >= 0.3 is 0 Å². The summed E-state index contributed by atoms with van der Waals surface area (Å²) in [5.41, 5.74) is 7.67. The van der Waals surface area contributed by atoms with E-state index in [1.54, 1.807) is 6.07 Å². The van der Waals surface area contributed by atoms with Crippen molar-refractivity contribution in [3.8, 4) is 11.5 Å². The van der Waals surface area contributed by atoms with Crippen LogP contribution in [0.5, 0.6) is 11.5 Å².